The summed E-state index contributed by atoms with van der Waals surface area (Å²) in [6.07, 6.45) is 3.86. The minimum atomic E-state index is -0.679. The van der Waals surface area contributed by atoms with Crippen molar-refractivity contribution in [2.45, 2.75) is 19.6 Å². The number of allylic oxidation sites excluding steroid dienone is 1. The molecule has 86 valence electrons. The minimum Gasteiger partial charge on any atom is -0.445 e. The molecule has 0 N–H and O–H groups in total. The van der Waals surface area contributed by atoms with Crippen LogP contribution in [-0.2, 0) is 0 Å². The fraction of sp³-hybridized carbons (Fsp3) is 0.200. The van der Waals surface area contributed by atoms with Crippen LogP contribution in [0.2, 0.25) is 0 Å². The zero-order chi connectivity index (χ0) is 11.9. The molecule has 0 amide bonds. The first-order valence-electron chi connectivity index (χ1n) is 5.75. The van der Waals surface area contributed by atoms with E-state index in [9.17, 15) is 0 Å². The van der Waals surface area contributed by atoms with Gasteiger partial charge in [0.25, 0.3) is 5.79 Å². The molecule has 0 aliphatic carbocycles. The van der Waals surface area contributed by atoms with Gasteiger partial charge in [-0.15, -0.1) is 0 Å². The molecule has 0 radical (unpaired) electrons. The molecule has 17 heavy (non-hydrogen) atoms. The van der Waals surface area contributed by atoms with E-state index in [1.54, 1.807) is 0 Å². The van der Waals surface area contributed by atoms with Gasteiger partial charge in [-0.2, -0.15) is 0 Å². The molecule has 2 aromatic rings. The summed E-state index contributed by atoms with van der Waals surface area (Å²) >= 11 is 0. The number of hydrogen-bond acceptors (Lipinski definition) is 2. The van der Waals surface area contributed by atoms with E-state index in [1.165, 1.54) is 5.39 Å². The van der Waals surface area contributed by atoms with Crippen molar-refractivity contribution in [1.29, 1.82) is 0 Å². The third kappa shape index (κ3) is 1.57. The number of ether oxygens (including phenoxy) is 2. The molecule has 0 saturated heterocycles. The van der Waals surface area contributed by atoms with Gasteiger partial charge in [0.05, 0.1) is 0 Å². The Balaban J connectivity index is 2.17. The second-order valence-corrected chi connectivity index (χ2v) is 4.33. The van der Waals surface area contributed by atoms with E-state index in [0.717, 1.165) is 16.9 Å². The van der Waals surface area contributed by atoms with E-state index in [1.807, 2.05) is 44.2 Å². The zero-order valence-corrected chi connectivity index (χ0v) is 9.94. The number of rotatable bonds is 1. The maximum atomic E-state index is 5.94. The highest BCUT2D eigenvalue weighted by atomic mass is 16.7. The highest BCUT2D eigenvalue weighted by molar-refractivity contribution is 5.91. The molecule has 1 heterocycles. The smallest absolute Gasteiger partial charge is 0.268 e. The lowest BCUT2D eigenvalue weighted by Crippen LogP contribution is -2.31. The van der Waals surface area contributed by atoms with Crippen LogP contribution in [-0.4, -0.2) is 5.79 Å². The molecule has 0 aromatic heterocycles. The highest BCUT2D eigenvalue weighted by Gasteiger charge is 2.34. The van der Waals surface area contributed by atoms with Crippen LogP contribution < -0.4 is 9.47 Å². The van der Waals surface area contributed by atoms with Crippen molar-refractivity contribution in [3.63, 3.8) is 0 Å². The van der Waals surface area contributed by atoms with E-state index in [2.05, 4.69) is 18.2 Å². The lowest BCUT2D eigenvalue weighted by molar-refractivity contribution is -0.0137. The van der Waals surface area contributed by atoms with Gasteiger partial charge < -0.3 is 9.47 Å². The fourth-order valence-electron chi connectivity index (χ4n) is 2.22. The Hall–Kier alpha value is -1.96. The maximum Gasteiger partial charge on any atom is 0.268 e. The van der Waals surface area contributed by atoms with Gasteiger partial charge in [-0.25, -0.2) is 0 Å². The van der Waals surface area contributed by atoms with Crippen molar-refractivity contribution in [3.8, 4) is 11.5 Å². The molecule has 0 spiro atoms. The Kier molecular flexibility index (Phi) is 2.11. The van der Waals surface area contributed by atoms with Crippen LogP contribution in [0.15, 0.2) is 48.6 Å². The topological polar surface area (TPSA) is 18.5 Å². The first-order chi connectivity index (χ1) is 8.22. The lowest BCUT2D eigenvalue weighted by Gasteiger charge is -2.18. The maximum absolute atomic E-state index is 5.94. The minimum absolute atomic E-state index is 0.679. The summed E-state index contributed by atoms with van der Waals surface area (Å²) in [5.41, 5.74) is 0. The molecule has 1 aliphatic heterocycles. The Morgan fingerprint density at radius 1 is 1.06 bits per heavy atom. The number of hydrogen-bond donors (Lipinski definition) is 0. The molecule has 1 unspecified atom stereocenters. The van der Waals surface area contributed by atoms with E-state index in [0.29, 0.717) is 0 Å². The summed E-state index contributed by atoms with van der Waals surface area (Å²) < 4.78 is 11.8. The van der Waals surface area contributed by atoms with Gasteiger partial charge in [0, 0.05) is 12.3 Å². The van der Waals surface area contributed by atoms with Gasteiger partial charge in [-0.1, -0.05) is 36.4 Å². The van der Waals surface area contributed by atoms with Crippen molar-refractivity contribution in [2.24, 2.45) is 0 Å². The van der Waals surface area contributed by atoms with Crippen LogP contribution in [0.3, 0.4) is 0 Å². The third-order valence-electron chi connectivity index (χ3n) is 2.93. The molecular weight excluding hydrogens is 212 g/mol. The van der Waals surface area contributed by atoms with Gasteiger partial charge in [-0.3, -0.25) is 0 Å². The van der Waals surface area contributed by atoms with Gasteiger partial charge in [-0.05, 0) is 24.5 Å². The zero-order valence-electron chi connectivity index (χ0n) is 9.94. The normalized spacial score (nSPS) is 22.5. The predicted octanol–water partition coefficient (Wildman–Crippen LogP) is 3.90. The van der Waals surface area contributed by atoms with E-state index in [-0.39, 0.29) is 0 Å². The first-order valence-corrected chi connectivity index (χ1v) is 5.75. The molecule has 1 aliphatic rings. The summed E-state index contributed by atoms with van der Waals surface area (Å²) in [6, 6.07) is 12.2. The van der Waals surface area contributed by atoms with Crippen LogP contribution in [0.5, 0.6) is 11.5 Å². The summed E-state index contributed by atoms with van der Waals surface area (Å²) in [7, 11) is 0. The summed E-state index contributed by atoms with van der Waals surface area (Å²) in [5, 5.41) is 2.26. The Labute approximate surface area is 100 Å². The van der Waals surface area contributed by atoms with Crippen LogP contribution in [0, 0.1) is 0 Å². The molecule has 2 heteroatoms. The standard InChI is InChI=1S/C15H14O2/c1-3-10-15(2)16-13-9-8-11-6-4-5-7-12(11)14(13)17-15/h3-10H,1-2H3/b10-3-. The molecule has 1 atom stereocenters. The summed E-state index contributed by atoms with van der Waals surface area (Å²) in [5.74, 6) is 0.967. The lowest BCUT2D eigenvalue weighted by atomic mass is 10.1. The second-order valence-electron chi connectivity index (χ2n) is 4.33. The van der Waals surface area contributed by atoms with Gasteiger partial charge >= 0.3 is 0 Å². The average Bonchev–Trinajstić information content (AvgIpc) is 2.66. The number of fused-ring (bicyclic) bond motifs is 3. The second kappa shape index (κ2) is 3.52. The van der Waals surface area contributed by atoms with Crippen LogP contribution >= 0.6 is 0 Å². The van der Waals surface area contributed by atoms with E-state index in [4.69, 9.17) is 9.47 Å². The van der Waals surface area contributed by atoms with E-state index < -0.39 is 5.79 Å². The average molecular weight is 226 g/mol. The van der Waals surface area contributed by atoms with Crippen molar-refractivity contribution < 1.29 is 9.47 Å². The molecule has 0 bridgehead atoms. The molecule has 0 saturated carbocycles. The van der Waals surface area contributed by atoms with Crippen molar-refractivity contribution in [3.05, 3.63) is 48.6 Å². The largest absolute Gasteiger partial charge is 0.445 e. The molecule has 0 fully saturated rings. The molecule has 3 rings (SSSR count). The van der Waals surface area contributed by atoms with Crippen LogP contribution in [0.25, 0.3) is 10.8 Å². The number of benzene rings is 2. The Morgan fingerprint density at radius 2 is 1.88 bits per heavy atom. The first kappa shape index (κ1) is 10.2. The van der Waals surface area contributed by atoms with Crippen molar-refractivity contribution in [2.75, 3.05) is 0 Å². The van der Waals surface area contributed by atoms with Crippen molar-refractivity contribution >= 4 is 10.8 Å². The fourth-order valence-corrected chi connectivity index (χ4v) is 2.22. The van der Waals surface area contributed by atoms with Gasteiger partial charge in [0.1, 0.15) is 0 Å². The van der Waals surface area contributed by atoms with Gasteiger partial charge in [0.15, 0.2) is 11.5 Å². The Morgan fingerprint density at radius 3 is 2.71 bits per heavy atom. The van der Waals surface area contributed by atoms with Crippen LogP contribution in [0.4, 0.5) is 0 Å². The summed E-state index contributed by atoms with van der Waals surface area (Å²) in [6.45, 7) is 3.88. The quantitative estimate of drug-likeness (QED) is 0.686. The SMILES string of the molecule is C/C=C\C1(C)Oc2ccc3ccccc3c2O1. The Bertz CT molecular complexity index is 601. The molecule has 2 aromatic carbocycles. The van der Waals surface area contributed by atoms with E-state index >= 15 is 0 Å². The molecular formula is C15H14O2. The summed E-state index contributed by atoms with van der Waals surface area (Å²) in [4.78, 5) is 0. The van der Waals surface area contributed by atoms with Crippen LogP contribution in [0.1, 0.15) is 13.8 Å². The highest BCUT2D eigenvalue weighted by Crippen LogP contribution is 2.44. The third-order valence-corrected chi connectivity index (χ3v) is 2.93. The molecule has 2 nitrogen and oxygen atoms in total. The monoisotopic (exact) mass is 226 g/mol. The van der Waals surface area contributed by atoms with Gasteiger partial charge in [0.2, 0.25) is 0 Å². The van der Waals surface area contributed by atoms with Crippen molar-refractivity contribution in [1.82, 2.24) is 0 Å². The predicted molar refractivity (Wildman–Crippen MR) is 68.4 cm³/mol.